The van der Waals surface area contributed by atoms with Gasteiger partial charge >= 0.3 is 0 Å². The molecule has 0 spiro atoms. The van der Waals surface area contributed by atoms with Gasteiger partial charge in [0.25, 0.3) is 0 Å². The molecule has 1 aliphatic rings. The largest absolute Gasteiger partial charge is 0.354 e. The molecule has 0 aliphatic carbocycles. The molecule has 1 amide bonds. The number of hydrogen-bond acceptors (Lipinski definition) is 4. The van der Waals surface area contributed by atoms with Gasteiger partial charge in [0.15, 0.2) is 0 Å². The molecule has 6 heteroatoms. The van der Waals surface area contributed by atoms with Crippen molar-refractivity contribution in [3.63, 3.8) is 0 Å². The van der Waals surface area contributed by atoms with E-state index in [0.717, 1.165) is 37.6 Å². The summed E-state index contributed by atoms with van der Waals surface area (Å²) in [6.07, 6.45) is 2.11. The van der Waals surface area contributed by atoms with E-state index in [2.05, 4.69) is 34.1 Å². The summed E-state index contributed by atoms with van der Waals surface area (Å²) in [4.78, 5) is 18.9. The predicted molar refractivity (Wildman–Crippen MR) is 81.9 cm³/mol. The van der Waals surface area contributed by atoms with E-state index in [9.17, 15) is 4.79 Å². The number of carbonyl (C=O) groups is 1. The van der Waals surface area contributed by atoms with E-state index < -0.39 is 0 Å². The summed E-state index contributed by atoms with van der Waals surface area (Å²) in [5, 5.41) is 7.34. The molecule has 21 heavy (non-hydrogen) atoms. The Hall–Kier alpha value is -1.43. The molecule has 6 nitrogen and oxygen atoms in total. The van der Waals surface area contributed by atoms with Crippen molar-refractivity contribution in [2.24, 2.45) is 5.92 Å². The van der Waals surface area contributed by atoms with Gasteiger partial charge in [-0.2, -0.15) is 5.10 Å². The summed E-state index contributed by atoms with van der Waals surface area (Å²) in [5.74, 6) is 1.97. The first kappa shape index (κ1) is 15.9. The Balaban J connectivity index is 1.78. The summed E-state index contributed by atoms with van der Waals surface area (Å²) >= 11 is 0. The second-order valence-electron chi connectivity index (χ2n) is 6.15. The fourth-order valence-electron chi connectivity index (χ4n) is 2.89. The minimum Gasteiger partial charge on any atom is -0.354 e. The number of hydrogen-bond donors (Lipinski definition) is 1. The van der Waals surface area contributed by atoms with E-state index in [4.69, 9.17) is 0 Å². The minimum absolute atomic E-state index is 0.125. The highest BCUT2D eigenvalue weighted by atomic mass is 16.1. The smallest absolute Gasteiger partial charge is 0.224 e. The number of amides is 1. The van der Waals surface area contributed by atoms with Gasteiger partial charge in [-0.3, -0.25) is 4.79 Å². The lowest BCUT2D eigenvalue weighted by molar-refractivity contribution is -0.126. The maximum absolute atomic E-state index is 12.3. The van der Waals surface area contributed by atoms with Crippen LogP contribution in [0.15, 0.2) is 0 Å². The van der Waals surface area contributed by atoms with Crippen LogP contribution in [0.3, 0.4) is 0 Å². The van der Waals surface area contributed by atoms with E-state index >= 15 is 0 Å². The van der Waals surface area contributed by atoms with Crippen molar-refractivity contribution in [3.05, 3.63) is 11.6 Å². The Morgan fingerprint density at radius 1 is 1.43 bits per heavy atom. The molecule has 0 bridgehead atoms. The summed E-state index contributed by atoms with van der Waals surface area (Å²) < 4.78 is 1.84. The van der Waals surface area contributed by atoms with Crippen LogP contribution in [0.25, 0.3) is 0 Å². The molecule has 118 valence electrons. The lowest BCUT2D eigenvalue weighted by Crippen LogP contribution is -2.46. The predicted octanol–water partition coefficient (Wildman–Crippen LogP) is 1.13. The lowest BCUT2D eigenvalue weighted by atomic mass is 9.96. The number of aromatic nitrogens is 3. The Bertz CT molecular complexity index is 482. The third kappa shape index (κ3) is 4.27. The molecule has 2 rings (SSSR count). The fraction of sp³-hybridized carbons (Fsp3) is 0.800. The standard InChI is InChI=1S/C15H27N5O/c1-11(2)19-8-5-6-14(10-19)15(21)16-7-9-20-13(4)17-12(3)18-20/h11,14H,5-10H2,1-4H3,(H,16,21). The maximum Gasteiger partial charge on any atom is 0.224 e. The fourth-order valence-corrected chi connectivity index (χ4v) is 2.89. The summed E-state index contributed by atoms with van der Waals surface area (Å²) in [7, 11) is 0. The molecule has 1 atom stereocenters. The van der Waals surface area contributed by atoms with Crippen LogP contribution >= 0.6 is 0 Å². The van der Waals surface area contributed by atoms with Gasteiger partial charge in [-0.1, -0.05) is 0 Å². The topological polar surface area (TPSA) is 63.1 Å². The zero-order valence-corrected chi connectivity index (χ0v) is 13.6. The third-order valence-electron chi connectivity index (χ3n) is 4.14. The zero-order chi connectivity index (χ0) is 15.4. The second-order valence-corrected chi connectivity index (χ2v) is 6.15. The first-order chi connectivity index (χ1) is 9.97. The molecule has 1 fully saturated rings. The van der Waals surface area contributed by atoms with Gasteiger partial charge in [-0.05, 0) is 47.1 Å². The third-order valence-corrected chi connectivity index (χ3v) is 4.14. The Morgan fingerprint density at radius 2 is 2.19 bits per heavy atom. The second kappa shape index (κ2) is 7.02. The molecule has 0 radical (unpaired) electrons. The molecular weight excluding hydrogens is 266 g/mol. The normalized spacial score (nSPS) is 20.0. The van der Waals surface area contributed by atoms with E-state index in [1.54, 1.807) is 0 Å². The summed E-state index contributed by atoms with van der Waals surface area (Å²) in [5.41, 5.74) is 0. The van der Waals surface area contributed by atoms with Crippen molar-refractivity contribution >= 4 is 5.91 Å². The van der Waals surface area contributed by atoms with Crippen molar-refractivity contribution < 1.29 is 4.79 Å². The first-order valence-electron chi connectivity index (χ1n) is 7.87. The van der Waals surface area contributed by atoms with E-state index in [1.807, 2.05) is 18.5 Å². The molecule has 1 aromatic heterocycles. The molecule has 1 aliphatic heterocycles. The van der Waals surface area contributed by atoms with Crippen molar-refractivity contribution in [1.82, 2.24) is 25.0 Å². The van der Waals surface area contributed by atoms with Crippen molar-refractivity contribution in [3.8, 4) is 0 Å². The average molecular weight is 293 g/mol. The van der Waals surface area contributed by atoms with Crippen LogP contribution in [0.5, 0.6) is 0 Å². The van der Waals surface area contributed by atoms with Crippen molar-refractivity contribution in [2.45, 2.75) is 53.1 Å². The number of carbonyl (C=O) groups excluding carboxylic acids is 1. The van der Waals surface area contributed by atoms with Crippen LogP contribution in [-0.2, 0) is 11.3 Å². The van der Waals surface area contributed by atoms with Crippen molar-refractivity contribution in [1.29, 1.82) is 0 Å². The monoisotopic (exact) mass is 293 g/mol. The quantitative estimate of drug-likeness (QED) is 0.884. The van der Waals surface area contributed by atoms with Gasteiger partial charge < -0.3 is 10.2 Å². The van der Waals surface area contributed by atoms with Crippen LogP contribution in [0, 0.1) is 19.8 Å². The highest BCUT2D eigenvalue weighted by molar-refractivity contribution is 5.78. The number of rotatable bonds is 5. The SMILES string of the molecule is Cc1nc(C)n(CCNC(=O)C2CCCN(C(C)C)C2)n1. The molecule has 1 N–H and O–H groups in total. The van der Waals surface area contributed by atoms with Gasteiger partial charge in [0, 0.05) is 19.1 Å². The van der Waals surface area contributed by atoms with Crippen LogP contribution in [0.1, 0.15) is 38.3 Å². The first-order valence-corrected chi connectivity index (χ1v) is 7.87. The summed E-state index contributed by atoms with van der Waals surface area (Å²) in [6, 6.07) is 0.515. The van der Waals surface area contributed by atoms with Crippen LogP contribution in [0.4, 0.5) is 0 Å². The van der Waals surface area contributed by atoms with Gasteiger partial charge in [0.2, 0.25) is 5.91 Å². The minimum atomic E-state index is 0.125. The van der Waals surface area contributed by atoms with Gasteiger partial charge in [0.05, 0.1) is 12.5 Å². The van der Waals surface area contributed by atoms with Crippen LogP contribution in [0.2, 0.25) is 0 Å². The van der Waals surface area contributed by atoms with E-state index in [-0.39, 0.29) is 11.8 Å². The van der Waals surface area contributed by atoms with Crippen LogP contribution < -0.4 is 5.32 Å². The highest BCUT2D eigenvalue weighted by Crippen LogP contribution is 2.18. The Morgan fingerprint density at radius 3 is 2.81 bits per heavy atom. The van der Waals surface area contributed by atoms with Crippen LogP contribution in [-0.4, -0.2) is 51.2 Å². The number of nitrogens with zero attached hydrogens (tertiary/aromatic N) is 4. The zero-order valence-electron chi connectivity index (χ0n) is 13.6. The molecular formula is C15H27N5O. The molecule has 0 aromatic carbocycles. The molecule has 1 saturated heterocycles. The number of aryl methyl sites for hydroxylation is 2. The Labute approximate surface area is 126 Å². The molecule has 0 saturated carbocycles. The maximum atomic E-state index is 12.3. The van der Waals surface area contributed by atoms with Crippen molar-refractivity contribution in [2.75, 3.05) is 19.6 Å². The summed E-state index contributed by atoms with van der Waals surface area (Å²) in [6.45, 7) is 11.5. The number of nitrogens with one attached hydrogen (secondary N) is 1. The molecule has 2 heterocycles. The van der Waals surface area contributed by atoms with E-state index in [0.29, 0.717) is 19.1 Å². The number of piperidine rings is 1. The Kier molecular flexibility index (Phi) is 5.33. The lowest BCUT2D eigenvalue weighted by Gasteiger charge is -2.34. The molecule has 1 aromatic rings. The number of likely N-dealkylation sites (tertiary alicyclic amines) is 1. The van der Waals surface area contributed by atoms with Gasteiger partial charge in [0.1, 0.15) is 11.6 Å². The molecule has 1 unspecified atom stereocenters. The van der Waals surface area contributed by atoms with Gasteiger partial charge in [-0.25, -0.2) is 9.67 Å². The van der Waals surface area contributed by atoms with Gasteiger partial charge in [-0.15, -0.1) is 0 Å². The highest BCUT2D eigenvalue weighted by Gasteiger charge is 2.26. The van der Waals surface area contributed by atoms with E-state index in [1.165, 1.54) is 0 Å². The average Bonchev–Trinajstić information content (AvgIpc) is 2.77.